The standard InChI is InChI=1S/C13H16N4O3/c1-3-6-14-8-12-15-13(16-20-12)11-7-10(17(18)19)5-4-9(11)2/h4-5,7,14H,3,6,8H2,1-2H3. The maximum Gasteiger partial charge on any atom is 0.270 e. The van der Waals surface area contributed by atoms with Gasteiger partial charge in [0.25, 0.3) is 5.69 Å². The van der Waals surface area contributed by atoms with Crippen LogP contribution in [0.5, 0.6) is 0 Å². The normalized spacial score (nSPS) is 10.7. The number of hydrogen-bond donors (Lipinski definition) is 1. The van der Waals surface area contributed by atoms with Crippen molar-refractivity contribution in [2.45, 2.75) is 26.8 Å². The van der Waals surface area contributed by atoms with Crippen LogP contribution in [0.15, 0.2) is 22.7 Å². The van der Waals surface area contributed by atoms with Crippen LogP contribution in [0.25, 0.3) is 11.4 Å². The van der Waals surface area contributed by atoms with Gasteiger partial charge in [0.05, 0.1) is 11.5 Å². The van der Waals surface area contributed by atoms with Gasteiger partial charge in [0.2, 0.25) is 11.7 Å². The second-order valence-corrected chi connectivity index (χ2v) is 4.44. The quantitative estimate of drug-likeness (QED) is 0.494. The first-order valence-electron chi connectivity index (χ1n) is 6.40. The van der Waals surface area contributed by atoms with E-state index in [-0.39, 0.29) is 5.69 Å². The Bertz CT molecular complexity index is 609. The predicted octanol–water partition coefficient (Wildman–Crippen LogP) is 2.45. The number of nitrogens with zero attached hydrogens (tertiary/aromatic N) is 3. The fourth-order valence-corrected chi connectivity index (χ4v) is 1.77. The minimum Gasteiger partial charge on any atom is -0.338 e. The molecule has 2 rings (SSSR count). The van der Waals surface area contributed by atoms with Crippen LogP contribution in [-0.4, -0.2) is 21.6 Å². The molecule has 2 aromatic rings. The predicted molar refractivity (Wildman–Crippen MR) is 73.1 cm³/mol. The molecular formula is C13H16N4O3. The van der Waals surface area contributed by atoms with E-state index in [9.17, 15) is 10.1 Å². The second kappa shape index (κ2) is 6.25. The summed E-state index contributed by atoms with van der Waals surface area (Å²) in [6, 6.07) is 4.60. The van der Waals surface area contributed by atoms with Crippen molar-refractivity contribution in [1.29, 1.82) is 0 Å². The number of nitro benzene ring substituents is 1. The molecule has 1 heterocycles. The van der Waals surface area contributed by atoms with Crippen molar-refractivity contribution in [1.82, 2.24) is 15.5 Å². The Morgan fingerprint density at radius 3 is 2.95 bits per heavy atom. The third-order valence-corrected chi connectivity index (χ3v) is 2.84. The summed E-state index contributed by atoms with van der Waals surface area (Å²) < 4.78 is 5.13. The number of hydrogen-bond acceptors (Lipinski definition) is 6. The van der Waals surface area contributed by atoms with Crippen LogP contribution < -0.4 is 5.32 Å². The van der Waals surface area contributed by atoms with Crippen LogP contribution in [0.3, 0.4) is 0 Å². The fraction of sp³-hybridized carbons (Fsp3) is 0.385. The summed E-state index contributed by atoms with van der Waals surface area (Å²) in [5, 5.41) is 17.8. The molecule has 0 aliphatic heterocycles. The summed E-state index contributed by atoms with van der Waals surface area (Å²) in [7, 11) is 0. The van der Waals surface area contributed by atoms with Gasteiger partial charge in [-0.1, -0.05) is 18.1 Å². The van der Waals surface area contributed by atoms with Gasteiger partial charge >= 0.3 is 0 Å². The SMILES string of the molecule is CCCNCc1nc(-c2cc([N+](=O)[O-])ccc2C)no1. The molecular weight excluding hydrogens is 260 g/mol. The lowest BCUT2D eigenvalue weighted by molar-refractivity contribution is -0.384. The molecule has 0 aliphatic carbocycles. The van der Waals surface area contributed by atoms with Gasteiger partial charge in [-0.3, -0.25) is 10.1 Å². The van der Waals surface area contributed by atoms with Gasteiger partial charge in [-0.25, -0.2) is 0 Å². The summed E-state index contributed by atoms with van der Waals surface area (Å²) in [6.45, 7) is 5.28. The van der Waals surface area contributed by atoms with Crippen LogP contribution >= 0.6 is 0 Å². The minimum absolute atomic E-state index is 0.0149. The first-order chi connectivity index (χ1) is 9.61. The Hall–Kier alpha value is -2.28. The number of nitrogens with one attached hydrogen (secondary N) is 1. The summed E-state index contributed by atoms with van der Waals surface area (Å²) in [5.41, 5.74) is 1.50. The van der Waals surface area contributed by atoms with Crippen LogP contribution in [0.2, 0.25) is 0 Å². The van der Waals surface area contributed by atoms with Gasteiger partial charge in [0.15, 0.2) is 0 Å². The maximum absolute atomic E-state index is 10.8. The van der Waals surface area contributed by atoms with Crippen LogP contribution in [0.4, 0.5) is 5.69 Å². The zero-order valence-electron chi connectivity index (χ0n) is 11.4. The Morgan fingerprint density at radius 1 is 1.45 bits per heavy atom. The summed E-state index contributed by atoms with van der Waals surface area (Å²) >= 11 is 0. The Kier molecular flexibility index (Phi) is 4.41. The van der Waals surface area contributed by atoms with Gasteiger partial charge < -0.3 is 9.84 Å². The smallest absolute Gasteiger partial charge is 0.270 e. The van der Waals surface area contributed by atoms with Crippen molar-refractivity contribution in [3.63, 3.8) is 0 Å². The molecule has 7 heteroatoms. The lowest BCUT2D eigenvalue weighted by Crippen LogP contribution is -2.13. The van der Waals surface area contributed by atoms with Crippen LogP contribution in [0.1, 0.15) is 24.8 Å². The molecule has 0 fully saturated rings. The lowest BCUT2D eigenvalue weighted by Gasteiger charge is -2.00. The van der Waals surface area contributed by atoms with Crippen LogP contribution in [0, 0.1) is 17.0 Å². The maximum atomic E-state index is 10.8. The van der Waals surface area contributed by atoms with Crippen molar-refractivity contribution in [2.24, 2.45) is 0 Å². The first-order valence-corrected chi connectivity index (χ1v) is 6.40. The molecule has 0 bridgehead atoms. The highest BCUT2D eigenvalue weighted by atomic mass is 16.6. The Labute approximate surface area is 116 Å². The summed E-state index contributed by atoms with van der Waals surface area (Å²) in [6.07, 6.45) is 1.02. The van der Waals surface area contributed by atoms with Gasteiger partial charge in [-0.2, -0.15) is 4.98 Å². The number of rotatable bonds is 6. The molecule has 1 aromatic heterocycles. The summed E-state index contributed by atoms with van der Waals surface area (Å²) in [4.78, 5) is 14.6. The molecule has 0 spiro atoms. The molecule has 0 radical (unpaired) electrons. The third kappa shape index (κ3) is 3.18. The molecule has 1 N–H and O–H groups in total. The molecule has 106 valence electrons. The van der Waals surface area contributed by atoms with E-state index in [1.54, 1.807) is 6.07 Å². The molecule has 0 atom stereocenters. The number of aryl methyl sites for hydroxylation is 1. The van der Waals surface area contributed by atoms with E-state index in [2.05, 4.69) is 22.4 Å². The van der Waals surface area contributed by atoms with Gasteiger partial charge in [0.1, 0.15) is 0 Å². The second-order valence-electron chi connectivity index (χ2n) is 4.44. The fourth-order valence-electron chi connectivity index (χ4n) is 1.77. The molecule has 1 aromatic carbocycles. The zero-order chi connectivity index (χ0) is 14.5. The molecule has 0 unspecified atom stereocenters. The van der Waals surface area contributed by atoms with Gasteiger partial charge in [0, 0.05) is 17.7 Å². The third-order valence-electron chi connectivity index (χ3n) is 2.84. The van der Waals surface area contributed by atoms with E-state index in [0.29, 0.717) is 23.8 Å². The average molecular weight is 276 g/mol. The largest absolute Gasteiger partial charge is 0.338 e. The van der Waals surface area contributed by atoms with Crippen molar-refractivity contribution < 1.29 is 9.45 Å². The number of nitro groups is 1. The molecule has 7 nitrogen and oxygen atoms in total. The average Bonchev–Trinajstić information content (AvgIpc) is 2.88. The van der Waals surface area contributed by atoms with E-state index < -0.39 is 4.92 Å². The minimum atomic E-state index is -0.438. The molecule has 0 saturated heterocycles. The van der Waals surface area contributed by atoms with E-state index in [0.717, 1.165) is 18.5 Å². The highest BCUT2D eigenvalue weighted by Gasteiger charge is 2.15. The number of non-ortho nitro benzene ring substituents is 1. The van der Waals surface area contributed by atoms with Crippen molar-refractivity contribution >= 4 is 5.69 Å². The van der Waals surface area contributed by atoms with Gasteiger partial charge in [-0.15, -0.1) is 0 Å². The molecule has 0 aliphatic rings. The van der Waals surface area contributed by atoms with E-state index in [1.807, 2.05) is 6.92 Å². The van der Waals surface area contributed by atoms with Crippen molar-refractivity contribution in [3.05, 3.63) is 39.8 Å². The highest BCUT2D eigenvalue weighted by Crippen LogP contribution is 2.25. The van der Waals surface area contributed by atoms with E-state index in [1.165, 1.54) is 12.1 Å². The Morgan fingerprint density at radius 2 is 2.25 bits per heavy atom. The number of benzene rings is 1. The van der Waals surface area contributed by atoms with Gasteiger partial charge in [-0.05, 0) is 25.5 Å². The van der Waals surface area contributed by atoms with Crippen molar-refractivity contribution in [2.75, 3.05) is 6.54 Å². The van der Waals surface area contributed by atoms with E-state index in [4.69, 9.17) is 4.52 Å². The zero-order valence-corrected chi connectivity index (χ0v) is 11.4. The highest BCUT2D eigenvalue weighted by molar-refractivity contribution is 5.63. The molecule has 20 heavy (non-hydrogen) atoms. The monoisotopic (exact) mass is 276 g/mol. The summed E-state index contributed by atoms with van der Waals surface area (Å²) in [5.74, 6) is 0.846. The van der Waals surface area contributed by atoms with Crippen LogP contribution in [-0.2, 0) is 6.54 Å². The van der Waals surface area contributed by atoms with Crippen molar-refractivity contribution in [3.8, 4) is 11.4 Å². The Balaban J connectivity index is 2.23. The van der Waals surface area contributed by atoms with E-state index >= 15 is 0 Å². The lowest BCUT2D eigenvalue weighted by atomic mass is 10.1. The number of aromatic nitrogens is 2. The molecule has 0 saturated carbocycles. The first kappa shape index (κ1) is 14.1. The topological polar surface area (TPSA) is 94.1 Å². The molecule has 0 amide bonds.